The van der Waals surface area contributed by atoms with Crippen molar-refractivity contribution >= 4 is 18.5 Å². The molecule has 1 saturated heterocycles. The zero-order chi connectivity index (χ0) is 16.5. The zero-order valence-electron chi connectivity index (χ0n) is 14.3. The molecule has 1 aliphatic rings. The molecule has 0 unspecified atom stereocenters. The Labute approximate surface area is 133 Å². The van der Waals surface area contributed by atoms with E-state index in [1.807, 2.05) is 46.4 Å². The molecule has 22 heavy (non-hydrogen) atoms. The predicted molar refractivity (Wildman–Crippen MR) is 87.3 cm³/mol. The molecular weight excluding hydrogens is 281 g/mol. The van der Waals surface area contributed by atoms with Gasteiger partial charge in [0, 0.05) is 30.4 Å². The molecule has 0 spiro atoms. The van der Waals surface area contributed by atoms with E-state index in [2.05, 4.69) is 9.97 Å². The lowest BCUT2D eigenvalue weighted by Crippen LogP contribution is -2.41. The highest BCUT2D eigenvalue weighted by molar-refractivity contribution is 6.61. The van der Waals surface area contributed by atoms with Crippen molar-refractivity contribution in [1.82, 2.24) is 9.97 Å². The summed E-state index contributed by atoms with van der Waals surface area (Å²) < 4.78 is 12.0. The third-order valence-corrected chi connectivity index (χ3v) is 4.40. The fraction of sp³-hybridized carbons (Fsp3) is 0.733. The Morgan fingerprint density at radius 1 is 1.14 bits per heavy atom. The van der Waals surface area contributed by atoms with Crippen molar-refractivity contribution in [2.75, 3.05) is 18.1 Å². The van der Waals surface area contributed by atoms with Crippen LogP contribution < -0.4 is 10.4 Å². The topological polar surface area (TPSA) is 67.7 Å². The van der Waals surface area contributed by atoms with E-state index in [4.69, 9.17) is 14.4 Å². The minimum absolute atomic E-state index is 0.0700. The Balaban J connectivity index is 2.16. The van der Waals surface area contributed by atoms with Crippen LogP contribution >= 0.6 is 0 Å². The Hall–Kier alpha value is -1.18. The number of anilines is 1. The maximum Gasteiger partial charge on any atom is 0.498 e. The number of aromatic nitrogens is 2. The molecule has 0 aliphatic carbocycles. The van der Waals surface area contributed by atoms with E-state index in [0.717, 1.165) is 5.46 Å². The van der Waals surface area contributed by atoms with Gasteiger partial charge in [-0.1, -0.05) is 0 Å². The quantitative estimate of drug-likeness (QED) is 0.818. The van der Waals surface area contributed by atoms with E-state index in [1.54, 1.807) is 12.4 Å². The van der Waals surface area contributed by atoms with E-state index >= 15 is 0 Å². The summed E-state index contributed by atoms with van der Waals surface area (Å²) in [6, 6.07) is 0.217. The van der Waals surface area contributed by atoms with Crippen LogP contribution in [0.25, 0.3) is 0 Å². The number of aliphatic hydroxyl groups is 1. The Kier molecular flexibility index (Phi) is 4.80. The molecular formula is C15H26BN3O3. The largest absolute Gasteiger partial charge is 0.498 e. The van der Waals surface area contributed by atoms with Crippen molar-refractivity contribution in [3.63, 3.8) is 0 Å². The summed E-state index contributed by atoms with van der Waals surface area (Å²) in [4.78, 5) is 10.8. The number of rotatable bonds is 5. The first-order valence-corrected chi connectivity index (χ1v) is 7.73. The normalized spacial score (nSPS) is 19.7. The van der Waals surface area contributed by atoms with Crippen LogP contribution in [0.3, 0.4) is 0 Å². The van der Waals surface area contributed by atoms with E-state index in [1.165, 1.54) is 0 Å². The summed E-state index contributed by atoms with van der Waals surface area (Å²) >= 11 is 0. The molecule has 1 fully saturated rings. The van der Waals surface area contributed by atoms with Crippen LogP contribution in [-0.4, -0.2) is 52.6 Å². The molecule has 0 atom stereocenters. The molecule has 122 valence electrons. The first-order valence-electron chi connectivity index (χ1n) is 7.73. The third-order valence-electron chi connectivity index (χ3n) is 4.40. The van der Waals surface area contributed by atoms with E-state index in [0.29, 0.717) is 12.5 Å². The molecule has 0 aromatic carbocycles. The van der Waals surface area contributed by atoms with Crippen LogP contribution in [0, 0.1) is 0 Å². The number of nitrogens with zero attached hydrogens (tertiary/aromatic N) is 3. The molecule has 2 rings (SSSR count). The highest BCUT2D eigenvalue weighted by Crippen LogP contribution is 2.36. The molecule has 1 aromatic heterocycles. The smallest absolute Gasteiger partial charge is 0.399 e. The minimum Gasteiger partial charge on any atom is -0.399 e. The van der Waals surface area contributed by atoms with E-state index in [9.17, 15) is 0 Å². The van der Waals surface area contributed by atoms with E-state index < -0.39 is 7.12 Å². The van der Waals surface area contributed by atoms with Crippen molar-refractivity contribution in [3.05, 3.63) is 12.4 Å². The van der Waals surface area contributed by atoms with Crippen molar-refractivity contribution in [1.29, 1.82) is 0 Å². The van der Waals surface area contributed by atoms with Crippen LogP contribution in [0.5, 0.6) is 0 Å². The van der Waals surface area contributed by atoms with Gasteiger partial charge in [0.05, 0.1) is 17.8 Å². The monoisotopic (exact) mass is 307 g/mol. The Morgan fingerprint density at radius 3 is 2.05 bits per heavy atom. The van der Waals surface area contributed by atoms with Crippen molar-refractivity contribution < 1.29 is 14.4 Å². The van der Waals surface area contributed by atoms with Gasteiger partial charge < -0.3 is 19.3 Å². The van der Waals surface area contributed by atoms with Crippen LogP contribution in [0.15, 0.2) is 12.4 Å². The predicted octanol–water partition coefficient (Wildman–Crippen LogP) is 0.983. The second kappa shape index (κ2) is 6.14. The van der Waals surface area contributed by atoms with Gasteiger partial charge in [-0.2, -0.15) is 0 Å². The molecule has 0 amide bonds. The van der Waals surface area contributed by atoms with Crippen LogP contribution in [0.2, 0.25) is 0 Å². The Morgan fingerprint density at radius 2 is 1.64 bits per heavy atom. The highest BCUT2D eigenvalue weighted by atomic mass is 16.7. The van der Waals surface area contributed by atoms with Gasteiger partial charge in [0.1, 0.15) is 0 Å². The number of hydrogen-bond donors (Lipinski definition) is 1. The first kappa shape index (κ1) is 17.2. The van der Waals surface area contributed by atoms with Gasteiger partial charge in [0.15, 0.2) is 0 Å². The van der Waals surface area contributed by atoms with Gasteiger partial charge in [0.25, 0.3) is 0 Å². The highest BCUT2D eigenvalue weighted by Gasteiger charge is 2.51. The lowest BCUT2D eigenvalue weighted by molar-refractivity contribution is 0.00578. The third kappa shape index (κ3) is 3.26. The lowest BCUT2D eigenvalue weighted by Gasteiger charge is -2.32. The number of aliphatic hydroxyl groups excluding tert-OH is 1. The molecule has 1 N–H and O–H groups in total. The second-order valence-electron chi connectivity index (χ2n) is 6.92. The molecule has 6 nitrogen and oxygen atoms in total. The molecule has 1 aliphatic heterocycles. The molecule has 2 heterocycles. The van der Waals surface area contributed by atoms with Gasteiger partial charge in [-0.05, 0) is 41.5 Å². The summed E-state index contributed by atoms with van der Waals surface area (Å²) in [7, 11) is -0.454. The maximum atomic E-state index is 9.15. The minimum atomic E-state index is -0.454. The lowest BCUT2D eigenvalue weighted by atomic mass is 9.81. The first-order chi connectivity index (χ1) is 10.2. The second-order valence-corrected chi connectivity index (χ2v) is 6.92. The van der Waals surface area contributed by atoms with Crippen LogP contribution in [0.1, 0.15) is 41.5 Å². The summed E-state index contributed by atoms with van der Waals surface area (Å²) in [5, 5.41) is 9.15. The van der Waals surface area contributed by atoms with Gasteiger partial charge in [-0.25, -0.2) is 9.97 Å². The van der Waals surface area contributed by atoms with Crippen LogP contribution in [0.4, 0.5) is 5.95 Å². The molecule has 0 saturated carbocycles. The number of hydrogen-bond acceptors (Lipinski definition) is 6. The summed E-state index contributed by atoms with van der Waals surface area (Å²) in [6.45, 7) is 12.7. The fourth-order valence-corrected chi connectivity index (χ4v) is 2.28. The standard InChI is InChI=1S/C15H26BN3O3/c1-11(2)19(7-8-20)13-17-9-12(10-18-13)16-21-14(3,4)15(5,6)22-16/h9-11,20H,7-8H2,1-6H3. The average Bonchev–Trinajstić information content (AvgIpc) is 2.65. The average molecular weight is 307 g/mol. The maximum absolute atomic E-state index is 9.15. The van der Waals surface area contributed by atoms with Gasteiger partial charge >= 0.3 is 7.12 Å². The summed E-state index contributed by atoms with van der Waals surface area (Å²) in [5.74, 6) is 0.601. The Bertz CT molecular complexity index is 489. The molecule has 0 radical (unpaired) electrons. The molecule has 0 bridgehead atoms. The molecule has 7 heteroatoms. The van der Waals surface area contributed by atoms with Crippen molar-refractivity contribution in [3.8, 4) is 0 Å². The SMILES string of the molecule is CC(C)N(CCO)c1ncc(B2OC(C)(C)C(C)(C)O2)cn1. The van der Waals surface area contributed by atoms with Gasteiger partial charge in [0.2, 0.25) is 5.95 Å². The molecule has 1 aromatic rings. The van der Waals surface area contributed by atoms with Crippen LogP contribution in [-0.2, 0) is 9.31 Å². The van der Waals surface area contributed by atoms with E-state index in [-0.39, 0.29) is 23.9 Å². The zero-order valence-corrected chi connectivity index (χ0v) is 14.3. The van der Waals surface area contributed by atoms with Gasteiger partial charge in [-0.3, -0.25) is 0 Å². The van der Waals surface area contributed by atoms with Crippen molar-refractivity contribution in [2.45, 2.75) is 58.8 Å². The van der Waals surface area contributed by atoms with Gasteiger partial charge in [-0.15, -0.1) is 0 Å². The summed E-state index contributed by atoms with van der Waals surface area (Å²) in [6.07, 6.45) is 3.47. The fourth-order valence-electron chi connectivity index (χ4n) is 2.28. The van der Waals surface area contributed by atoms with Crippen molar-refractivity contribution in [2.24, 2.45) is 0 Å². The summed E-state index contributed by atoms with van der Waals surface area (Å²) in [5.41, 5.74) is 0.0455.